The monoisotopic (exact) mass is 482 g/mol. The molecule has 4 aromatic rings. The van der Waals surface area contributed by atoms with Crippen molar-refractivity contribution in [1.29, 1.82) is 0 Å². The molecule has 3 aromatic heterocycles. The van der Waals surface area contributed by atoms with Crippen LogP contribution in [0.3, 0.4) is 0 Å². The van der Waals surface area contributed by atoms with Crippen molar-refractivity contribution in [1.82, 2.24) is 30.3 Å². The van der Waals surface area contributed by atoms with Gasteiger partial charge in [-0.25, -0.2) is 4.98 Å². The van der Waals surface area contributed by atoms with Crippen LogP contribution >= 0.6 is 0 Å². The Kier molecular flexibility index (Phi) is 5.41. The Bertz CT molecular complexity index is 1400. The van der Waals surface area contributed by atoms with Crippen LogP contribution in [0.2, 0.25) is 0 Å². The second kappa shape index (κ2) is 8.21. The van der Waals surface area contributed by atoms with Crippen molar-refractivity contribution in [2.75, 3.05) is 6.54 Å². The van der Waals surface area contributed by atoms with Crippen molar-refractivity contribution in [3.05, 3.63) is 65.1 Å². The number of alkyl halides is 3. The summed E-state index contributed by atoms with van der Waals surface area (Å²) in [6, 6.07) is 8.32. The van der Waals surface area contributed by atoms with Gasteiger partial charge in [0.1, 0.15) is 6.54 Å². The molecular weight excluding hydrogens is 457 g/mol. The molecule has 1 aromatic carbocycles. The van der Waals surface area contributed by atoms with Gasteiger partial charge < -0.3 is 5.32 Å². The Morgan fingerprint density at radius 1 is 1.23 bits per heavy atom. The van der Waals surface area contributed by atoms with E-state index in [2.05, 4.69) is 34.1 Å². The summed E-state index contributed by atoms with van der Waals surface area (Å²) in [5.41, 5.74) is 6.15. The highest BCUT2D eigenvalue weighted by Crippen LogP contribution is 2.40. The zero-order valence-electron chi connectivity index (χ0n) is 19.6. The number of nitrogens with zero attached hydrogens (tertiary/aromatic N) is 4. The highest BCUT2D eigenvalue weighted by molar-refractivity contribution is 5.94. The van der Waals surface area contributed by atoms with Crippen LogP contribution in [0.25, 0.3) is 22.3 Å². The largest absolute Gasteiger partial charge is 0.405 e. The fraction of sp³-hybridized carbons (Fsp3) is 0.360. The molecule has 2 N–H and O–H groups in total. The van der Waals surface area contributed by atoms with E-state index in [1.165, 1.54) is 23.4 Å². The molecule has 182 valence electrons. The maximum absolute atomic E-state index is 12.3. The van der Waals surface area contributed by atoms with Gasteiger partial charge in [-0.05, 0) is 48.9 Å². The molecule has 1 unspecified atom stereocenters. The number of H-pyrrole nitrogens is 1. The lowest BCUT2D eigenvalue weighted by atomic mass is 9.90. The molecule has 0 radical (unpaired) electrons. The average Bonchev–Trinajstić information content (AvgIpc) is 3.47. The summed E-state index contributed by atoms with van der Waals surface area (Å²) in [6.07, 6.45) is 1.20. The van der Waals surface area contributed by atoms with Crippen molar-refractivity contribution in [3.8, 4) is 11.3 Å². The zero-order chi connectivity index (χ0) is 25.0. The Morgan fingerprint density at radius 2 is 1.97 bits per heavy atom. The Hall–Kier alpha value is -3.69. The minimum atomic E-state index is -4.45. The zero-order valence-corrected chi connectivity index (χ0v) is 19.6. The normalized spacial score (nSPS) is 15.8. The van der Waals surface area contributed by atoms with E-state index in [1.807, 2.05) is 24.5 Å². The quantitative estimate of drug-likeness (QED) is 0.426. The van der Waals surface area contributed by atoms with E-state index in [1.54, 1.807) is 23.0 Å². The molecule has 3 heterocycles. The number of halogens is 3. The van der Waals surface area contributed by atoms with Gasteiger partial charge in [0.2, 0.25) is 0 Å². The molecule has 0 saturated heterocycles. The average molecular weight is 483 g/mol. The van der Waals surface area contributed by atoms with E-state index in [-0.39, 0.29) is 17.0 Å². The van der Waals surface area contributed by atoms with Gasteiger partial charge in [-0.15, -0.1) is 0 Å². The third-order valence-electron chi connectivity index (χ3n) is 6.42. The predicted octanol–water partition coefficient (Wildman–Crippen LogP) is 4.85. The van der Waals surface area contributed by atoms with E-state index >= 15 is 0 Å². The van der Waals surface area contributed by atoms with Gasteiger partial charge in [0.05, 0.1) is 11.7 Å². The maximum atomic E-state index is 12.3. The first-order valence-electron chi connectivity index (χ1n) is 11.4. The lowest BCUT2D eigenvalue weighted by Crippen LogP contribution is -2.33. The number of aromatic nitrogens is 5. The number of hydrogen-bond donors (Lipinski definition) is 2. The summed E-state index contributed by atoms with van der Waals surface area (Å²) >= 11 is 0. The van der Waals surface area contributed by atoms with E-state index < -0.39 is 18.6 Å². The van der Waals surface area contributed by atoms with E-state index in [0.29, 0.717) is 5.65 Å². The fourth-order valence-corrected chi connectivity index (χ4v) is 4.61. The standard InChI is InChI=1S/C25H25F3N6O/c1-14(15-4-6-16(7-5-15)23(35)30-13-25(26,27)28)34-12-18-8-17(11-29-22(18)33-34)21-19-9-24(2,3)10-20(19)31-32-21/h4-8,11-12,14H,9-10,13H2,1-3H3,(H,30,35)(H,31,32). The molecular formula is C25H25F3N6O. The van der Waals surface area contributed by atoms with Crippen LogP contribution in [0.4, 0.5) is 13.2 Å². The highest BCUT2D eigenvalue weighted by Gasteiger charge is 2.33. The number of aromatic amines is 1. The van der Waals surface area contributed by atoms with Crippen LogP contribution in [0.5, 0.6) is 0 Å². The molecule has 1 amide bonds. The number of pyridine rings is 1. The lowest BCUT2D eigenvalue weighted by molar-refractivity contribution is -0.123. The van der Waals surface area contributed by atoms with Gasteiger partial charge in [0.25, 0.3) is 5.91 Å². The first-order valence-corrected chi connectivity index (χ1v) is 11.4. The summed E-state index contributed by atoms with van der Waals surface area (Å²) in [5, 5.41) is 15.1. The summed E-state index contributed by atoms with van der Waals surface area (Å²) in [4.78, 5) is 16.5. The molecule has 0 aliphatic heterocycles. The van der Waals surface area contributed by atoms with E-state index in [9.17, 15) is 18.0 Å². The molecule has 1 aliphatic carbocycles. The molecule has 10 heteroatoms. The van der Waals surface area contributed by atoms with Gasteiger partial charge in [0, 0.05) is 40.2 Å². The molecule has 0 saturated carbocycles. The number of carbonyl (C=O) groups excluding carboxylic acids is 1. The number of benzene rings is 1. The van der Waals surface area contributed by atoms with Crippen LogP contribution in [-0.2, 0) is 12.8 Å². The number of fused-ring (bicyclic) bond motifs is 2. The third-order valence-corrected chi connectivity index (χ3v) is 6.42. The van der Waals surface area contributed by atoms with Gasteiger partial charge >= 0.3 is 6.18 Å². The van der Waals surface area contributed by atoms with Crippen molar-refractivity contribution in [2.24, 2.45) is 5.41 Å². The smallest absolute Gasteiger partial charge is 0.343 e. The van der Waals surface area contributed by atoms with E-state index in [0.717, 1.165) is 35.0 Å². The SMILES string of the molecule is CC(c1ccc(C(=O)NCC(F)(F)F)cc1)n1cc2cc(-c3n[nH]c4c3CC(C)(C)C4)cnc2n1. The third kappa shape index (κ3) is 4.65. The summed E-state index contributed by atoms with van der Waals surface area (Å²) in [7, 11) is 0. The van der Waals surface area contributed by atoms with Crippen LogP contribution in [-0.4, -0.2) is 43.6 Å². The molecule has 1 atom stereocenters. The van der Waals surface area contributed by atoms with Gasteiger partial charge in [0.15, 0.2) is 5.65 Å². The Morgan fingerprint density at radius 3 is 2.69 bits per heavy atom. The first kappa shape index (κ1) is 23.1. The van der Waals surface area contributed by atoms with Gasteiger partial charge in [-0.2, -0.15) is 23.4 Å². The van der Waals surface area contributed by atoms with Gasteiger partial charge in [-0.1, -0.05) is 26.0 Å². The second-order valence-corrected chi connectivity index (χ2v) is 9.89. The maximum Gasteiger partial charge on any atom is 0.405 e. The topological polar surface area (TPSA) is 88.5 Å². The van der Waals surface area contributed by atoms with Crippen LogP contribution < -0.4 is 5.32 Å². The first-order chi connectivity index (χ1) is 16.5. The summed E-state index contributed by atoms with van der Waals surface area (Å²) in [5.74, 6) is -0.767. The van der Waals surface area contributed by atoms with Crippen molar-refractivity contribution in [3.63, 3.8) is 0 Å². The van der Waals surface area contributed by atoms with Crippen LogP contribution in [0.15, 0.2) is 42.7 Å². The molecule has 0 bridgehead atoms. The molecule has 35 heavy (non-hydrogen) atoms. The van der Waals surface area contributed by atoms with Crippen LogP contribution in [0, 0.1) is 5.41 Å². The Labute approximate surface area is 199 Å². The second-order valence-electron chi connectivity index (χ2n) is 9.89. The molecule has 1 aliphatic rings. The van der Waals surface area contributed by atoms with Crippen molar-refractivity contribution < 1.29 is 18.0 Å². The highest BCUT2D eigenvalue weighted by atomic mass is 19.4. The molecule has 0 fully saturated rings. The summed E-state index contributed by atoms with van der Waals surface area (Å²) < 4.78 is 38.8. The lowest BCUT2D eigenvalue weighted by Gasteiger charge is -2.15. The minimum Gasteiger partial charge on any atom is -0.343 e. The Balaban J connectivity index is 1.35. The number of amides is 1. The van der Waals surface area contributed by atoms with Gasteiger partial charge in [-0.3, -0.25) is 14.6 Å². The fourth-order valence-electron chi connectivity index (χ4n) is 4.61. The van der Waals surface area contributed by atoms with Crippen molar-refractivity contribution in [2.45, 2.75) is 45.8 Å². The number of nitrogens with one attached hydrogen (secondary N) is 2. The predicted molar refractivity (Wildman–Crippen MR) is 125 cm³/mol. The number of hydrogen-bond acceptors (Lipinski definition) is 4. The summed E-state index contributed by atoms with van der Waals surface area (Å²) in [6.45, 7) is 5.09. The van der Waals surface area contributed by atoms with E-state index in [4.69, 9.17) is 0 Å². The molecule has 7 nitrogen and oxygen atoms in total. The number of rotatable bonds is 5. The van der Waals surface area contributed by atoms with Crippen molar-refractivity contribution >= 4 is 16.9 Å². The molecule has 5 rings (SSSR count). The minimum absolute atomic E-state index is 0.164. The molecule has 0 spiro atoms. The van der Waals surface area contributed by atoms with Crippen LogP contribution in [0.1, 0.15) is 54.0 Å². The number of carbonyl (C=O) groups is 1.